The Bertz CT molecular complexity index is 1520. The van der Waals surface area contributed by atoms with E-state index in [1.807, 2.05) is 6.92 Å². The van der Waals surface area contributed by atoms with Gasteiger partial charge in [0, 0.05) is 58.0 Å². The second kappa shape index (κ2) is 55.4. The molecule has 0 saturated carbocycles. The normalized spacial score (nSPS) is 12.0. The lowest BCUT2D eigenvalue weighted by Gasteiger charge is -2.13. The van der Waals surface area contributed by atoms with E-state index in [9.17, 15) is 43.5 Å². The van der Waals surface area contributed by atoms with Crippen LogP contribution in [0.4, 0.5) is 0 Å². The van der Waals surface area contributed by atoms with Gasteiger partial charge in [-0.15, -0.1) is 0 Å². The number of aliphatic carboxylic acids is 1. The molecular formula is C56H102N4O17. The number of ketones is 3. The minimum atomic E-state index is -1.58. The van der Waals surface area contributed by atoms with E-state index in [1.165, 1.54) is 70.6 Å². The number of hydrogen-bond acceptors (Lipinski definition) is 16. The van der Waals surface area contributed by atoms with Gasteiger partial charge in [0.05, 0.1) is 66.1 Å². The molecule has 0 bridgehead atoms. The molecule has 2 atom stereocenters. The van der Waals surface area contributed by atoms with E-state index in [0.717, 1.165) is 44.9 Å². The second-order valence-corrected chi connectivity index (χ2v) is 19.2. The number of carboxylic acids is 1. The molecule has 0 aromatic rings. The predicted molar refractivity (Wildman–Crippen MR) is 291 cm³/mol. The van der Waals surface area contributed by atoms with Gasteiger partial charge in [0.15, 0.2) is 17.6 Å². The molecule has 21 heteroatoms. The number of nitrogens with one attached hydrogen (secondary N) is 4. The summed E-state index contributed by atoms with van der Waals surface area (Å²) < 4.78 is 43.0. The van der Waals surface area contributed by atoms with Gasteiger partial charge >= 0.3 is 5.97 Å². The summed E-state index contributed by atoms with van der Waals surface area (Å²) >= 11 is 0. The number of ether oxygens (including phenoxy) is 8. The van der Waals surface area contributed by atoms with Crippen LogP contribution in [0.1, 0.15) is 175 Å². The predicted octanol–water partition coefficient (Wildman–Crippen LogP) is 5.78. The number of carboxylic acid groups (broad SMARTS) is 1. The van der Waals surface area contributed by atoms with Gasteiger partial charge in [-0.1, -0.05) is 110 Å². The van der Waals surface area contributed by atoms with Crippen LogP contribution in [0.5, 0.6) is 0 Å². The Morgan fingerprint density at radius 1 is 0.390 bits per heavy atom. The van der Waals surface area contributed by atoms with Crippen molar-refractivity contribution in [1.82, 2.24) is 21.3 Å². The minimum Gasteiger partial charge on any atom is -0.479 e. The summed E-state index contributed by atoms with van der Waals surface area (Å²) in [6.07, 6.45) is 22.7. The van der Waals surface area contributed by atoms with Crippen molar-refractivity contribution in [2.45, 2.75) is 181 Å². The van der Waals surface area contributed by atoms with Crippen LogP contribution >= 0.6 is 0 Å². The van der Waals surface area contributed by atoms with Crippen molar-refractivity contribution in [2.75, 3.05) is 125 Å². The molecule has 0 fully saturated rings. The highest BCUT2D eigenvalue weighted by Crippen LogP contribution is 2.15. The molecule has 0 aliphatic heterocycles. The van der Waals surface area contributed by atoms with Gasteiger partial charge in [-0.25, -0.2) is 4.79 Å². The Balaban J connectivity index is 3.59. The summed E-state index contributed by atoms with van der Waals surface area (Å²) in [5, 5.41) is 20.0. The van der Waals surface area contributed by atoms with Gasteiger partial charge in [-0.05, 0) is 45.4 Å². The zero-order valence-electron chi connectivity index (χ0n) is 47.5. The molecule has 0 spiro atoms. The number of rotatable bonds is 60. The molecule has 21 nitrogen and oxygen atoms in total. The Morgan fingerprint density at radius 3 is 1.23 bits per heavy atom. The highest BCUT2D eigenvalue weighted by Gasteiger charge is 2.27. The van der Waals surface area contributed by atoms with Crippen molar-refractivity contribution in [1.29, 1.82) is 0 Å². The molecule has 448 valence electrons. The largest absolute Gasteiger partial charge is 0.479 e. The average molecular weight is 1100 g/mol. The van der Waals surface area contributed by atoms with Gasteiger partial charge in [0.2, 0.25) is 23.6 Å². The summed E-state index contributed by atoms with van der Waals surface area (Å²) in [7, 11) is 0. The van der Waals surface area contributed by atoms with Crippen LogP contribution in [-0.4, -0.2) is 183 Å². The van der Waals surface area contributed by atoms with E-state index in [4.69, 9.17) is 37.9 Å². The Morgan fingerprint density at radius 2 is 0.792 bits per heavy atom. The van der Waals surface area contributed by atoms with Crippen LogP contribution in [0, 0.1) is 5.92 Å². The monoisotopic (exact) mass is 1100 g/mol. The molecule has 5 N–H and O–H groups in total. The van der Waals surface area contributed by atoms with Crippen molar-refractivity contribution in [3.8, 4) is 0 Å². The molecule has 77 heavy (non-hydrogen) atoms. The fourth-order valence-electron chi connectivity index (χ4n) is 7.78. The van der Waals surface area contributed by atoms with Crippen molar-refractivity contribution < 1.29 is 81.4 Å². The number of Topliss-reactive ketones (excluding diaryl/α,β-unsaturated/α-hetero) is 3. The number of unbranched alkanes of at least 4 members (excludes halogenated alkanes) is 15. The van der Waals surface area contributed by atoms with E-state index in [2.05, 4.69) is 28.2 Å². The van der Waals surface area contributed by atoms with Crippen molar-refractivity contribution in [3.05, 3.63) is 0 Å². The van der Waals surface area contributed by atoms with Gasteiger partial charge in [0.25, 0.3) is 0 Å². The lowest BCUT2D eigenvalue weighted by atomic mass is 9.95. The van der Waals surface area contributed by atoms with Crippen LogP contribution in [0.25, 0.3) is 0 Å². The quantitative estimate of drug-likeness (QED) is 0.0356. The van der Waals surface area contributed by atoms with Gasteiger partial charge < -0.3 is 64.3 Å². The molecule has 0 aliphatic rings. The average Bonchev–Trinajstić information content (AvgIpc) is 3.40. The van der Waals surface area contributed by atoms with Crippen LogP contribution < -0.4 is 21.3 Å². The van der Waals surface area contributed by atoms with Crippen molar-refractivity contribution >= 4 is 46.9 Å². The summed E-state index contributed by atoms with van der Waals surface area (Å²) in [5.41, 5.74) is 0. The fraction of sp³-hybridized carbons (Fsp3) is 0.857. The maximum Gasteiger partial charge on any atom is 0.334 e. The molecule has 0 aliphatic carbocycles. The first-order valence-electron chi connectivity index (χ1n) is 28.9. The summed E-state index contributed by atoms with van der Waals surface area (Å²) in [4.78, 5) is 95.9. The SMILES string of the molecule is CCCCCCCCCCCCCCCCCC(=O)NC(C(=O)O)C(=O)CCCOCCOCC(=O)NCCOCCOCC(=O)CCCOCCOCC(=O)NCCOCCOCC(=O)NCCCC[C@H](CC)C(C)=O. The first-order valence-corrected chi connectivity index (χ1v) is 28.9. The molecule has 0 aromatic heterocycles. The summed E-state index contributed by atoms with van der Waals surface area (Å²) in [6, 6.07) is -1.58. The van der Waals surface area contributed by atoms with E-state index in [1.54, 1.807) is 6.92 Å². The zero-order chi connectivity index (χ0) is 56.7. The fourth-order valence-corrected chi connectivity index (χ4v) is 7.78. The van der Waals surface area contributed by atoms with Gasteiger partial charge in [-0.3, -0.25) is 33.6 Å². The molecule has 0 radical (unpaired) electrons. The lowest BCUT2D eigenvalue weighted by molar-refractivity contribution is -0.146. The second-order valence-electron chi connectivity index (χ2n) is 19.2. The maximum atomic E-state index is 12.5. The third-order valence-electron chi connectivity index (χ3n) is 12.3. The highest BCUT2D eigenvalue weighted by atomic mass is 16.5. The van der Waals surface area contributed by atoms with Crippen LogP contribution in [0.3, 0.4) is 0 Å². The first-order chi connectivity index (χ1) is 37.4. The third-order valence-corrected chi connectivity index (χ3v) is 12.3. The number of carbonyl (C=O) groups excluding carboxylic acids is 7. The number of carbonyl (C=O) groups is 8. The lowest BCUT2D eigenvalue weighted by Crippen LogP contribution is -2.46. The highest BCUT2D eigenvalue weighted by molar-refractivity contribution is 6.05. The van der Waals surface area contributed by atoms with Crippen LogP contribution in [-0.2, 0) is 76.3 Å². The Labute approximate surface area is 460 Å². The summed E-state index contributed by atoms with van der Waals surface area (Å²) in [6.45, 7) is 9.40. The molecule has 1 unspecified atom stereocenters. The topological polar surface area (TPSA) is 279 Å². The van der Waals surface area contributed by atoms with E-state index >= 15 is 0 Å². The maximum absolute atomic E-state index is 12.5. The van der Waals surface area contributed by atoms with E-state index in [-0.39, 0.29) is 167 Å². The molecule has 0 rings (SSSR count). The van der Waals surface area contributed by atoms with E-state index in [0.29, 0.717) is 32.5 Å². The molecular weight excluding hydrogens is 1000 g/mol. The molecule has 0 aromatic carbocycles. The molecule has 0 saturated heterocycles. The number of amides is 4. The Kier molecular flexibility index (Phi) is 52.5. The minimum absolute atomic E-state index is 0.0504. The van der Waals surface area contributed by atoms with Gasteiger partial charge in [0.1, 0.15) is 32.2 Å². The smallest absolute Gasteiger partial charge is 0.334 e. The molecule has 4 amide bonds. The Hall–Kier alpha value is -3.96. The van der Waals surface area contributed by atoms with E-state index < -0.39 is 23.7 Å². The first kappa shape index (κ1) is 73.0. The third kappa shape index (κ3) is 51.2. The standard InChI is InChI=1S/C56H102N4O17/c1-4-6-7-8-9-10-11-12-13-14-15-16-17-18-19-27-51(64)60-55(56(68)69)50(63)26-23-32-71-36-41-76-46-54(67)58-29-33-72-37-39-74-43-49(62)25-22-31-70-35-40-75-45-53(66)59-30-34-73-38-42-77-44-52(65)57-28-21-20-24-48(5-2)47(3)61/h48,55H,4-46H2,1-3H3,(H,57,65)(H,58,67)(H,59,66)(H,60,64)(H,68,69)/t48-,55?/m0/s1. The number of hydrogen-bond donors (Lipinski definition) is 5. The van der Waals surface area contributed by atoms with Crippen molar-refractivity contribution in [3.63, 3.8) is 0 Å². The van der Waals surface area contributed by atoms with Crippen molar-refractivity contribution in [2.24, 2.45) is 5.92 Å². The van der Waals surface area contributed by atoms with Crippen LogP contribution in [0.15, 0.2) is 0 Å². The molecule has 0 heterocycles. The zero-order valence-corrected chi connectivity index (χ0v) is 47.5. The van der Waals surface area contributed by atoms with Gasteiger partial charge in [-0.2, -0.15) is 0 Å². The summed E-state index contributed by atoms with van der Waals surface area (Å²) in [5.74, 6) is -2.99. The van der Waals surface area contributed by atoms with Crippen LogP contribution in [0.2, 0.25) is 0 Å².